The number of carboxylic acid groups (broad SMARTS) is 1. The normalized spacial score (nSPS) is 13.2. The van der Waals surface area contributed by atoms with Crippen LogP contribution in [0, 0.1) is 0 Å². The number of aromatic carboxylic acids is 1. The molecule has 0 aromatic heterocycles. The minimum Gasteiger partial charge on any atom is -0.478 e. The summed E-state index contributed by atoms with van der Waals surface area (Å²) in [6, 6.07) is 2.74. The number of alkyl halides is 3. The summed E-state index contributed by atoms with van der Waals surface area (Å²) < 4.78 is 59.0. The van der Waals surface area contributed by atoms with Crippen LogP contribution in [0.2, 0.25) is 0 Å². The zero-order valence-electron chi connectivity index (χ0n) is 7.89. The summed E-state index contributed by atoms with van der Waals surface area (Å²) in [5, 5.41) is 8.64. The summed E-state index contributed by atoms with van der Waals surface area (Å²) >= 11 is -2.79. The lowest BCUT2D eigenvalue weighted by Crippen LogP contribution is -2.20. The number of rotatable bonds is 3. The van der Waals surface area contributed by atoms with Crippen molar-refractivity contribution < 1.29 is 36.6 Å². The second-order valence-electron chi connectivity index (χ2n) is 2.73. The van der Waals surface area contributed by atoms with Gasteiger partial charge in [-0.2, -0.15) is 0 Å². The van der Waals surface area contributed by atoms with Gasteiger partial charge in [-0.3, -0.25) is 0 Å². The van der Waals surface area contributed by atoms with Gasteiger partial charge in [0.05, 0.1) is 0 Å². The average Bonchev–Trinajstić information content (AvgIpc) is 2.14. The molecule has 1 aromatic carbocycles. The molecule has 0 aliphatic heterocycles. The molecule has 17 heavy (non-hydrogen) atoms. The van der Waals surface area contributed by atoms with Gasteiger partial charge in [-0.25, -0.2) is 9.00 Å². The monoisotopic (exact) mass is 270 g/mol. The molecule has 1 rings (SSSR count). The van der Waals surface area contributed by atoms with E-state index in [-0.39, 0.29) is 0 Å². The average molecular weight is 270 g/mol. The number of hydrogen-bond acceptors (Lipinski definition) is 3. The lowest BCUT2D eigenvalue weighted by Gasteiger charge is -2.13. The van der Waals surface area contributed by atoms with E-state index < -0.39 is 39.6 Å². The molecule has 0 bridgehead atoms. The predicted molar refractivity (Wildman–Crippen MR) is 49.1 cm³/mol. The van der Waals surface area contributed by atoms with E-state index >= 15 is 0 Å². The maximum absolute atomic E-state index is 12.0. The molecule has 0 saturated carbocycles. The maximum Gasteiger partial charge on any atom is 0.573 e. The van der Waals surface area contributed by atoms with Gasteiger partial charge in [0.2, 0.25) is 0 Å². The third-order valence-electron chi connectivity index (χ3n) is 1.62. The molecule has 0 radical (unpaired) electrons. The quantitative estimate of drug-likeness (QED) is 0.819. The van der Waals surface area contributed by atoms with Gasteiger partial charge in [-0.05, 0) is 12.1 Å². The van der Waals surface area contributed by atoms with Crippen LogP contribution < -0.4 is 4.74 Å². The first kappa shape index (κ1) is 13.5. The number of benzene rings is 1. The van der Waals surface area contributed by atoms with Crippen LogP contribution in [0.3, 0.4) is 0 Å². The fourth-order valence-corrected chi connectivity index (χ4v) is 1.55. The Hall–Kier alpha value is -1.61. The second-order valence-corrected chi connectivity index (χ2v) is 3.67. The summed E-state index contributed by atoms with van der Waals surface area (Å²) in [5.74, 6) is -2.88. The highest BCUT2D eigenvalue weighted by Crippen LogP contribution is 2.31. The SMILES string of the molecule is O=C(O)c1cccc(S(=O)O)c1OC(F)(F)F. The number of carboxylic acids is 1. The second kappa shape index (κ2) is 4.72. The molecule has 94 valence electrons. The molecule has 0 saturated heterocycles. The predicted octanol–water partition coefficient (Wildman–Crippen LogP) is 1.86. The van der Waals surface area contributed by atoms with Crippen molar-refractivity contribution in [2.45, 2.75) is 11.3 Å². The molecule has 1 atom stereocenters. The fourth-order valence-electron chi connectivity index (χ4n) is 1.04. The Kier molecular flexibility index (Phi) is 3.73. The third kappa shape index (κ3) is 3.43. The highest BCUT2D eigenvalue weighted by molar-refractivity contribution is 7.79. The van der Waals surface area contributed by atoms with E-state index in [9.17, 15) is 22.2 Å². The Bertz CT molecular complexity index is 438. The Labute approximate surface area is 95.1 Å². The van der Waals surface area contributed by atoms with Gasteiger partial charge in [0.25, 0.3) is 0 Å². The molecule has 5 nitrogen and oxygen atoms in total. The van der Waals surface area contributed by atoms with E-state index in [0.29, 0.717) is 0 Å². The van der Waals surface area contributed by atoms with E-state index in [2.05, 4.69) is 4.74 Å². The maximum atomic E-state index is 12.0. The molecular weight excluding hydrogens is 265 g/mol. The number of halogens is 3. The fraction of sp³-hybridized carbons (Fsp3) is 0.125. The molecule has 1 aromatic rings. The first-order valence-electron chi connectivity index (χ1n) is 3.95. The molecule has 1 unspecified atom stereocenters. The van der Waals surface area contributed by atoms with E-state index in [1.165, 1.54) is 0 Å². The van der Waals surface area contributed by atoms with Crippen LogP contribution in [-0.2, 0) is 11.1 Å². The zero-order chi connectivity index (χ0) is 13.2. The standard InChI is InChI=1S/C8H5F3O5S/c9-8(10,11)16-6-4(7(12)13)2-1-3-5(6)17(14)15/h1-3H,(H,12,13)(H,14,15). The van der Waals surface area contributed by atoms with Crippen LogP contribution in [-0.4, -0.2) is 26.2 Å². The summed E-state index contributed by atoms with van der Waals surface area (Å²) in [6.07, 6.45) is -5.15. The molecule has 0 heterocycles. The molecule has 2 N–H and O–H groups in total. The zero-order valence-corrected chi connectivity index (χ0v) is 8.71. The van der Waals surface area contributed by atoms with Crippen LogP contribution in [0.4, 0.5) is 13.2 Å². The van der Waals surface area contributed by atoms with Crippen molar-refractivity contribution in [2.75, 3.05) is 0 Å². The van der Waals surface area contributed by atoms with E-state index in [1.807, 2.05) is 0 Å². The molecule has 0 fully saturated rings. The van der Waals surface area contributed by atoms with Crippen LogP contribution in [0.25, 0.3) is 0 Å². The van der Waals surface area contributed by atoms with Gasteiger partial charge in [0.1, 0.15) is 10.5 Å². The van der Waals surface area contributed by atoms with Gasteiger partial charge in [-0.15, -0.1) is 13.2 Å². The van der Waals surface area contributed by atoms with Gasteiger partial charge < -0.3 is 14.4 Å². The van der Waals surface area contributed by atoms with Crippen molar-refractivity contribution in [1.29, 1.82) is 0 Å². The van der Waals surface area contributed by atoms with Crippen molar-refractivity contribution in [1.82, 2.24) is 0 Å². The Balaban J connectivity index is 3.39. The molecular formula is C8H5F3O5S. The lowest BCUT2D eigenvalue weighted by molar-refractivity contribution is -0.275. The summed E-state index contributed by atoms with van der Waals surface area (Å²) in [6.45, 7) is 0. The van der Waals surface area contributed by atoms with Crippen molar-refractivity contribution in [3.05, 3.63) is 23.8 Å². The van der Waals surface area contributed by atoms with Crippen molar-refractivity contribution in [3.8, 4) is 5.75 Å². The number of carbonyl (C=O) groups is 1. The number of ether oxygens (including phenoxy) is 1. The molecule has 0 amide bonds. The number of hydrogen-bond donors (Lipinski definition) is 2. The molecule has 9 heteroatoms. The van der Waals surface area contributed by atoms with Gasteiger partial charge in [-0.1, -0.05) is 6.07 Å². The van der Waals surface area contributed by atoms with Crippen LogP contribution in [0.5, 0.6) is 5.75 Å². The minimum atomic E-state index is -5.15. The smallest absolute Gasteiger partial charge is 0.478 e. The minimum absolute atomic E-state index is 0.762. The third-order valence-corrected chi connectivity index (χ3v) is 2.31. The molecule has 0 aliphatic rings. The Morgan fingerprint density at radius 3 is 2.35 bits per heavy atom. The highest BCUT2D eigenvalue weighted by Gasteiger charge is 2.35. The van der Waals surface area contributed by atoms with E-state index in [1.54, 1.807) is 0 Å². The molecule has 0 spiro atoms. The van der Waals surface area contributed by atoms with E-state index in [0.717, 1.165) is 18.2 Å². The first-order chi connectivity index (χ1) is 7.72. The Morgan fingerprint density at radius 2 is 1.94 bits per heavy atom. The van der Waals surface area contributed by atoms with Crippen molar-refractivity contribution >= 4 is 17.0 Å². The van der Waals surface area contributed by atoms with Crippen LogP contribution >= 0.6 is 0 Å². The van der Waals surface area contributed by atoms with Crippen LogP contribution in [0.1, 0.15) is 10.4 Å². The van der Waals surface area contributed by atoms with Crippen LogP contribution in [0.15, 0.2) is 23.1 Å². The lowest BCUT2D eigenvalue weighted by atomic mass is 10.2. The van der Waals surface area contributed by atoms with Gasteiger partial charge in [0.15, 0.2) is 16.8 Å². The highest BCUT2D eigenvalue weighted by atomic mass is 32.2. The van der Waals surface area contributed by atoms with Crippen molar-refractivity contribution in [2.24, 2.45) is 0 Å². The van der Waals surface area contributed by atoms with Crippen molar-refractivity contribution in [3.63, 3.8) is 0 Å². The summed E-state index contributed by atoms with van der Waals surface area (Å²) in [7, 11) is 0. The summed E-state index contributed by atoms with van der Waals surface area (Å²) in [5.41, 5.74) is -0.845. The number of para-hydroxylation sites is 1. The van der Waals surface area contributed by atoms with Gasteiger partial charge in [0, 0.05) is 0 Å². The summed E-state index contributed by atoms with van der Waals surface area (Å²) in [4.78, 5) is 9.89. The first-order valence-corrected chi connectivity index (χ1v) is 5.06. The topological polar surface area (TPSA) is 83.8 Å². The van der Waals surface area contributed by atoms with Gasteiger partial charge >= 0.3 is 12.3 Å². The Morgan fingerprint density at radius 1 is 1.35 bits per heavy atom. The largest absolute Gasteiger partial charge is 0.573 e. The molecule has 0 aliphatic carbocycles. The van der Waals surface area contributed by atoms with E-state index in [4.69, 9.17) is 9.66 Å².